The maximum atomic E-state index is 13.0. The van der Waals surface area contributed by atoms with Crippen LogP contribution in [0.1, 0.15) is 5.69 Å². The molecule has 2 aromatic carbocycles. The number of fused-ring (bicyclic) bond motifs is 3. The first kappa shape index (κ1) is 17.8. The molecule has 6 nitrogen and oxygen atoms in total. The molecule has 0 aliphatic heterocycles. The van der Waals surface area contributed by atoms with Crippen LogP contribution in [0.3, 0.4) is 0 Å². The van der Waals surface area contributed by atoms with Gasteiger partial charge in [-0.25, -0.2) is 4.52 Å². The molecule has 29 heavy (non-hydrogen) atoms. The molecular formula is C21H13Cl2N5O. The third-order valence-corrected chi connectivity index (χ3v) is 5.22. The van der Waals surface area contributed by atoms with Crippen LogP contribution in [0.15, 0.2) is 65.6 Å². The summed E-state index contributed by atoms with van der Waals surface area (Å²) in [6.45, 7) is 1.89. The fraction of sp³-hybridized carbons (Fsp3) is 0.0476. The van der Waals surface area contributed by atoms with E-state index in [2.05, 4.69) is 15.3 Å². The van der Waals surface area contributed by atoms with E-state index in [1.54, 1.807) is 41.0 Å². The molecule has 0 bridgehead atoms. The van der Waals surface area contributed by atoms with Gasteiger partial charge < -0.3 is 0 Å². The lowest BCUT2D eigenvalue weighted by atomic mass is 10.1. The molecule has 3 aromatic heterocycles. The van der Waals surface area contributed by atoms with E-state index in [1.807, 2.05) is 31.2 Å². The molecule has 0 saturated carbocycles. The zero-order chi connectivity index (χ0) is 20.1. The quantitative estimate of drug-likeness (QED) is 0.413. The zero-order valence-corrected chi connectivity index (χ0v) is 16.7. The Balaban J connectivity index is 1.78. The average molecular weight is 422 g/mol. The average Bonchev–Trinajstić information content (AvgIpc) is 3.04. The normalized spacial score (nSPS) is 11.4. The first-order valence-corrected chi connectivity index (χ1v) is 9.58. The predicted molar refractivity (Wildman–Crippen MR) is 114 cm³/mol. The Labute approximate surface area is 175 Å². The molecule has 0 aliphatic rings. The van der Waals surface area contributed by atoms with Gasteiger partial charge in [0, 0.05) is 16.2 Å². The van der Waals surface area contributed by atoms with Crippen molar-refractivity contribution in [2.75, 3.05) is 0 Å². The largest absolute Gasteiger partial charge is 0.285 e. The summed E-state index contributed by atoms with van der Waals surface area (Å²) < 4.78 is 3.14. The minimum atomic E-state index is -0.295. The van der Waals surface area contributed by atoms with Crippen LogP contribution >= 0.6 is 23.2 Å². The van der Waals surface area contributed by atoms with Crippen molar-refractivity contribution < 1.29 is 0 Å². The molecule has 0 N–H and O–H groups in total. The van der Waals surface area contributed by atoms with Crippen molar-refractivity contribution >= 4 is 39.9 Å². The number of pyridine rings is 1. The fourth-order valence-electron chi connectivity index (χ4n) is 3.46. The van der Waals surface area contributed by atoms with E-state index in [0.717, 1.165) is 16.8 Å². The van der Waals surface area contributed by atoms with Gasteiger partial charge in [-0.2, -0.15) is 5.10 Å². The summed E-state index contributed by atoms with van der Waals surface area (Å²) in [6, 6.07) is 16.4. The van der Waals surface area contributed by atoms with Crippen molar-refractivity contribution in [1.29, 1.82) is 0 Å². The number of hydrogen-bond acceptors (Lipinski definition) is 4. The summed E-state index contributed by atoms with van der Waals surface area (Å²) in [5, 5.41) is 14.3. The van der Waals surface area contributed by atoms with E-state index in [1.165, 1.54) is 4.57 Å². The Morgan fingerprint density at radius 1 is 0.931 bits per heavy atom. The highest BCUT2D eigenvalue weighted by atomic mass is 35.5. The lowest BCUT2D eigenvalue weighted by Gasteiger charge is -2.08. The van der Waals surface area contributed by atoms with Gasteiger partial charge in [0.25, 0.3) is 5.56 Å². The van der Waals surface area contributed by atoms with Crippen molar-refractivity contribution in [1.82, 2.24) is 24.4 Å². The number of halogens is 2. The molecule has 3 heterocycles. The highest BCUT2D eigenvalue weighted by molar-refractivity contribution is 6.31. The minimum absolute atomic E-state index is 0.222. The Morgan fingerprint density at radius 3 is 2.45 bits per heavy atom. The first-order valence-electron chi connectivity index (χ1n) is 8.82. The van der Waals surface area contributed by atoms with Gasteiger partial charge in [0.05, 0.1) is 16.9 Å². The van der Waals surface area contributed by atoms with Gasteiger partial charge >= 0.3 is 0 Å². The summed E-state index contributed by atoms with van der Waals surface area (Å²) >= 11 is 12.2. The van der Waals surface area contributed by atoms with Crippen LogP contribution in [0.5, 0.6) is 0 Å². The number of rotatable bonds is 2. The zero-order valence-electron chi connectivity index (χ0n) is 15.2. The topological polar surface area (TPSA) is 65.1 Å². The van der Waals surface area contributed by atoms with Crippen LogP contribution in [0, 0.1) is 6.92 Å². The van der Waals surface area contributed by atoms with Crippen molar-refractivity contribution in [3.63, 3.8) is 0 Å². The van der Waals surface area contributed by atoms with Gasteiger partial charge in [-0.1, -0.05) is 41.4 Å². The molecule has 0 radical (unpaired) electrons. The van der Waals surface area contributed by atoms with Gasteiger partial charge in [-0.15, -0.1) is 10.2 Å². The molecular weight excluding hydrogens is 409 g/mol. The van der Waals surface area contributed by atoms with E-state index >= 15 is 0 Å². The van der Waals surface area contributed by atoms with E-state index in [4.69, 9.17) is 23.2 Å². The maximum Gasteiger partial charge on any atom is 0.285 e. The Morgan fingerprint density at radius 2 is 1.69 bits per heavy atom. The monoisotopic (exact) mass is 421 g/mol. The SMILES string of the molecule is Cc1nn2c(nnc3c(=O)n(-c4cccc(Cl)c4)ccc32)c1-c1cccc(Cl)c1. The molecule has 0 atom stereocenters. The summed E-state index contributed by atoms with van der Waals surface area (Å²) in [4.78, 5) is 13.0. The molecule has 5 aromatic rings. The molecule has 0 saturated heterocycles. The van der Waals surface area contributed by atoms with Gasteiger partial charge in [0.1, 0.15) is 5.52 Å². The lowest BCUT2D eigenvalue weighted by molar-refractivity contribution is 0.905. The van der Waals surface area contributed by atoms with Crippen molar-refractivity contribution in [2.45, 2.75) is 6.92 Å². The second kappa shape index (κ2) is 6.69. The summed E-state index contributed by atoms with van der Waals surface area (Å²) in [5.74, 6) is 0. The van der Waals surface area contributed by atoms with Gasteiger partial charge in [0.15, 0.2) is 11.2 Å². The van der Waals surface area contributed by atoms with Gasteiger partial charge in [0.2, 0.25) is 0 Å². The molecule has 0 aliphatic carbocycles. The molecule has 0 spiro atoms. The third kappa shape index (κ3) is 2.88. The van der Waals surface area contributed by atoms with E-state index in [0.29, 0.717) is 26.9 Å². The lowest BCUT2D eigenvalue weighted by Crippen LogP contribution is -2.20. The highest BCUT2D eigenvalue weighted by Gasteiger charge is 2.18. The smallest absolute Gasteiger partial charge is 0.282 e. The van der Waals surface area contributed by atoms with E-state index in [9.17, 15) is 4.79 Å². The van der Waals surface area contributed by atoms with Gasteiger partial charge in [-0.05, 0) is 48.9 Å². The molecule has 0 fully saturated rings. The fourth-order valence-corrected chi connectivity index (χ4v) is 3.84. The maximum absolute atomic E-state index is 13.0. The summed E-state index contributed by atoms with van der Waals surface area (Å²) in [7, 11) is 0. The predicted octanol–water partition coefficient (Wildman–Crippen LogP) is 4.71. The molecule has 0 unspecified atom stereocenters. The summed E-state index contributed by atoms with van der Waals surface area (Å²) in [5.41, 5.74) is 4.23. The second-order valence-corrected chi connectivity index (χ2v) is 7.48. The standard InChI is InChI=1S/C21H13Cl2N5O/c1-12-18(13-4-2-5-14(22)10-13)20-25-24-19-17(28(20)26-12)8-9-27(21(19)29)16-7-3-6-15(23)11-16/h2-11H,1H3. The van der Waals surface area contributed by atoms with Gasteiger partial charge in [-0.3, -0.25) is 9.36 Å². The van der Waals surface area contributed by atoms with Crippen LogP contribution in [-0.2, 0) is 0 Å². The summed E-state index contributed by atoms with van der Waals surface area (Å²) in [6.07, 6.45) is 1.69. The molecule has 142 valence electrons. The third-order valence-electron chi connectivity index (χ3n) is 4.75. The van der Waals surface area contributed by atoms with Crippen LogP contribution in [0.4, 0.5) is 0 Å². The molecule has 5 rings (SSSR count). The van der Waals surface area contributed by atoms with Crippen molar-refractivity contribution in [3.05, 3.63) is 86.9 Å². The van der Waals surface area contributed by atoms with Crippen molar-refractivity contribution in [2.24, 2.45) is 0 Å². The first-order chi connectivity index (χ1) is 14.0. The van der Waals surface area contributed by atoms with Crippen molar-refractivity contribution in [3.8, 4) is 16.8 Å². The number of aromatic nitrogens is 5. The molecule has 0 amide bonds. The Kier molecular flexibility index (Phi) is 4.12. The van der Waals surface area contributed by atoms with Crippen LogP contribution in [-0.4, -0.2) is 24.4 Å². The highest BCUT2D eigenvalue weighted by Crippen LogP contribution is 2.29. The van der Waals surface area contributed by atoms with Crippen LogP contribution in [0.25, 0.3) is 33.5 Å². The number of benzene rings is 2. The number of nitrogens with zero attached hydrogens (tertiary/aromatic N) is 5. The van der Waals surface area contributed by atoms with Crippen LogP contribution < -0.4 is 5.56 Å². The minimum Gasteiger partial charge on any atom is -0.282 e. The Bertz CT molecular complexity index is 1470. The van der Waals surface area contributed by atoms with Crippen LogP contribution in [0.2, 0.25) is 10.0 Å². The number of hydrogen-bond donors (Lipinski definition) is 0. The molecule has 8 heteroatoms. The van der Waals surface area contributed by atoms with E-state index in [-0.39, 0.29) is 11.1 Å². The van der Waals surface area contributed by atoms with E-state index < -0.39 is 0 Å². The second-order valence-electron chi connectivity index (χ2n) is 6.61. The Hall–Kier alpha value is -3.22. The number of aryl methyl sites for hydroxylation is 1.